The van der Waals surface area contributed by atoms with Crippen molar-refractivity contribution >= 4 is 5.97 Å². The van der Waals surface area contributed by atoms with Crippen LogP contribution in [0.4, 0.5) is 0 Å². The van der Waals surface area contributed by atoms with Crippen LogP contribution in [0, 0.1) is 16.7 Å². The summed E-state index contributed by atoms with van der Waals surface area (Å²) in [6.45, 7) is 6.56. The van der Waals surface area contributed by atoms with Gasteiger partial charge in [-0.15, -0.1) is 0 Å². The van der Waals surface area contributed by atoms with Crippen molar-refractivity contribution in [2.75, 3.05) is 0 Å². The summed E-state index contributed by atoms with van der Waals surface area (Å²) >= 11 is 0. The summed E-state index contributed by atoms with van der Waals surface area (Å²) in [5.41, 5.74) is 0.845. The van der Waals surface area contributed by atoms with E-state index in [9.17, 15) is 15.0 Å². The van der Waals surface area contributed by atoms with Crippen LogP contribution in [0.3, 0.4) is 0 Å². The van der Waals surface area contributed by atoms with Crippen molar-refractivity contribution in [3.63, 3.8) is 0 Å². The summed E-state index contributed by atoms with van der Waals surface area (Å²) in [4.78, 5) is 11.8. The first kappa shape index (κ1) is 13.1. The summed E-state index contributed by atoms with van der Waals surface area (Å²) in [6, 6.07) is 0. The molecule has 4 heteroatoms. The lowest BCUT2D eigenvalue weighted by molar-refractivity contribution is -0.153. The number of hydrogen-bond acceptors (Lipinski definition) is 4. The number of fused-ring (bicyclic) bond motifs is 2. The molecule has 0 aromatic rings. The molecule has 2 aliphatic carbocycles. The largest absolute Gasteiger partial charge is 0.428 e. The van der Waals surface area contributed by atoms with Gasteiger partial charge in [0.05, 0.1) is 11.7 Å². The van der Waals surface area contributed by atoms with Crippen molar-refractivity contribution < 1.29 is 19.7 Å². The van der Waals surface area contributed by atoms with Gasteiger partial charge in [0, 0.05) is 5.57 Å². The van der Waals surface area contributed by atoms with E-state index in [1.165, 1.54) is 0 Å². The third kappa shape index (κ3) is 1.62. The number of esters is 1. The summed E-state index contributed by atoms with van der Waals surface area (Å²) in [7, 11) is 0. The topological polar surface area (TPSA) is 66.8 Å². The molecule has 0 aromatic carbocycles. The number of carbonyl (C=O) groups is 1. The van der Waals surface area contributed by atoms with Crippen molar-refractivity contribution in [2.45, 2.75) is 58.8 Å². The molecule has 19 heavy (non-hydrogen) atoms. The van der Waals surface area contributed by atoms with Gasteiger partial charge in [0.2, 0.25) is 6.29 Å². The molecule has 3 aliphatic rings. The van der Waals surface area contributed by atoms with Crippen LogP contribution >= 0.6 is 0 Å². The van der Waals surface area contributed by atoms with Crippen molar-refractivity contribution in [1.82, 2.24) is 0 Å². The van der Waals surface area contributed by atoms with Crippen LogP contribution in [0.2, 0.25) is 0 Å². The molecular formula is C15H22O4. The second-order valence-corrected chi connectivity index (χ2v) is 7.15. The average Bonchev–Trinajstić information content (AvgIpc) is 2.59. The van der Waals surface area contributed by atoms with Crippen LogP contribution in [0.5, 0.6) is 0 Å². The van der Waals surface area contributed by atoms with Gasteiger partial charge >= 0.3 is 5.97 Å². The Morgan fingerprint density at radius 1 is 1.21 bits per heavy atom. The molecule has 2 N–H and O–H groups in total. The van der Waals surface area contributed by atoms with Crippen LogP contribution in [0.15, 0.2) is 11.1 Å². The number of rotatable bonds is 0. The summed E-state index contributed by atoms with van der Waals surface area (Å²) < 4.78 is 4.94. The molecule has 0 saturated heterocycles. The molecule has 0 radical (unpaired) electrons. The molecule has 0 amide bonds. The smallest absolute Gasteiger partial charge is 0.339 e. The number of ether oxygens (including phenoxy) is 1. The van der Waals surface area contributed by atoms with Crippen molar-refractivity contribution in [1.29, 1.82) is 0 Å². The zero-order valence-electron chi connectivity index (χ0n) is 11.8. The summed E-state index contributed by atoms with van der Waals surface area (Å²) in [6.07, 6.45) is 1.76. The molecule has 0 spiro atoms. The van der Waals surface area contributed by atoms with Gasteiger partial charge in [0.1, 0.15) is 0 Å². The Balaban J connectivity index is 2.15. The van der Waals surface area contributed by atoms with Gasteiger partial charge in [-0.3, -0.25) is 0 Å². The van der Waals surface area contributed by atoms with E-state index in [4.69, 9.17) is 4.74 Å². The predicted molar refractivity (Wildman–Crippen MR) is 69.0 cm³/mol. The summed E-state index contributed by atoms with van der Waals surface area (Å²) in [5.74, 6) is -0.273. The maximum atomic E-state index is 11.8. The Morgan fingerprint density at radius 2 is 1.89 bits per heavy atom. The number of cyclic esters (lactones) is 1. The predicted octanol–water partition coefficient (Wildman–Crippen LogP) is 1.76. The lowest BCUT2D eigenvalue weighted by atomic mass is 9.50. The zero-order chi connectivity index (χ0) is 14.0. The number of hydrogen-bond donors (Lipinski definition) is 2. The highest BCUT2D eigenvalue weighted by molar-refractivity contribution is 5.93. The van der Waals surface area contributed by atoms with Crippen molar-refractivity contribution in [2.24, 2.45) is 16.7 Å². The average molecular weight is 266 g/mol. The van der Waals surface area contributed by atoms with Gasteiger partial charge in [-0.1, -0.05) is 27.2 Å². The Hall–Kier alpha value is -0.870. The minimum Gasteiger partial charge on any atom is -0.428 e. The standard InChI is InChI=1S/C15H22O4/c1-14(2)5-4-6-15(3)9(14)7-8(16)10-11(15)13(18)19-12(10)17/h8-9,13,16,18H,4-7H2,1-3H3/t8-,9+,13-,15-/m0/s1. The molecule has 1 heterocycles. The molecule has 3 rings (SSSR count). The number of carbonyl (C=O) groups excluding carboxylic acids is 1. The van der Waals surface area contributed by atoms with Crippen molar-refractivity contribution in [3.8, 4) is 0 Å². The first-order valence-corrected chi connectivity index (χ1v) is 7.09. The van der Waals surface area contributed by atoms with E-state index in [0.29, 0.717) is 17.6 Å². The number of aliphatic hydroxyl groups is 2. The second-order valence-electron chi connectivity index (χ2n) is 7.15. The molecule has 1 saturated carbocycles. The Bertz CT molecular complexity index is 465. The van der Waals surface area contributed by atoms with Gasteiger partial charge in [-0.2, -0.15) is 0 Å². The van der Waals surface area contributed by atoms with E-state index < -0.39 is 18.4 Å². The Kier molecular flexibility index (Phi) is 2.64. The van der Waals surface area contributed by atoms with E-state index in [1.807, 2.05) is 0 Å². The van der Waals surface area contributed by atoms with Gasteiger partial charge < -0.3 is 14.9 Å². The quantitative estimate of drug-likeness (QED) is 0.656. The molecule has 1 aliphatic heterocycles. The van der Waals surface area contributed by atoms with Crippen molar-refractivity contribution in [3.05, 3.63) is 11.1 Å². The molecule has 0 aromatic heterocycles. The maximum Gasteiger partial charge on any atom is 0.339 e. The van der Waals surface area contributed by atoms with E-state index in [2.05, 4.69) is 20.8 Å². The van der Waals surface area contributed by atoms with Gasteiger partial charge in [0.15, 0.2) is 0 Å². The first-order valence-electron chi connectivity index (χ1n) is 7.09. The van der Waals surface area contributed by atoms with E-state index in [0.717, 1.165) is 19.3 Å². The third-order valence-corrected chi connectivity index (χ3v) is 5.61. The van der Waals surface area contributed by atoms with E-state index in [-0.39, 0.29) is 16.7 Å². The Morgan fingerprint density at radius 3 is 2.58 bits per heavy atom. The molecule has 106 valence electrons. The van der Waals surface area contributed by atoms with E-state index >= 15 is 0 Å². The van der Waals surface area contributed by atoms with E-state index in [1.54, 1.807) is 0 Å². The second kappa shape index (κ2) is 3.83. The number of aliphatic hydroxyl groups excluding tert-OH is 2. The zero-order valence-corrected chi connectivity index (χ0v) is 11.8. The molecular weight excluding hydrogens is 244 g/mol. The normalized spacial score (nSPS) is 44.7. The van der Waals surface area contributed by atoms with Crippen LogP contribution in [-0.4, -0.2) is 28.6 Å². The fourth-order valence-corrected chi connectivity index (χ4v) is 4.74. The minimum atomic E-state index is -1.17. The highest BCUT2D eigenvalue weighted by Crippen LogP contribution is 2.61. The fourth-order valence-electron chi connectivity index (χ4n) is 4.74. The van der Waals surface area contributed by atoms with Gasteiger partial charge in [-0.05, 0) is 36.0 Å². The lowest BCUT2D eigenvalue weighted by Crippen LogP contribution is -2.49. The SMILES string of the molecule is CC1(C)CCC[C@]2(C)C3=C(C(=O)O[C@@H]3O)[C@@H](O)C[C@H]12. The highest BCUT2D eigenvalue weighted by Gasteiger charge is 2.58. The van der Waals surface area contributed by atoms with Gasteiger partial charge in [0.25, 0.3) is 0 Å². The summed E-state index contributed by atoms with van der Waals surface area (Å²) in [5, 5.41) is 20.4. The van der Waals surface area contributed by atoms with Crippen LogP contribution in [-0.2, 0) is 9.53 Å². The Labute approximate surface area is 113 Å². The highest BCUT2D eigenvalue weighted by atomic mass is 16.6. The van der Waals surface area contributed by atoms with Crippen LogP contribution in [0.25, 0.3) is 0 Å². The monoisotopic (exact) mass is 266 g/mol. The third-order valence-electron chi connectivity index (χ3n) is 5.61. The molecule has 0 unspecified atom stereocenters. The van der Waals surface area contributed by atoms with Crippen LogP contribution < -0.4 is 0 Å². The van der Waals surface area contributed by atoms with Gasteiger partial charge in [-0.25, -0.2) is 4.79 Å². The lowest BCUT2D eigenvalue weighted by Gasteiger charge is -2.54. The molecule has 4 nitrogen and oxygen atoms in total. The maximum absolute atomic E-state index is 11.8. The minimum absolute atomic E-state index is 0.109. The molecule has 1 fully saturated rings. The molecule has 0 bridgehead atoms. The molecule has 4 atom stereocenters. The van der Waals surface area contributed by atoms with Crippen LogP contribution in [0.1, 0.15) is 46.5 Å². The first-order chi connectivity index (χ1) is 8.77. The fraction of sp³-hybridized carbons (Fsp3) is 0.800.